The Bertz CT molecular complexity index is 930. The predicted molar refractivity (Wildman–Crippen MR) is 95.3 cm³/mol. The Balaban J connectivity index is 1.60. The van der Waals surface area contributed by atoms with Crippen LogP contribution in [0.2, 0.25) is 0 Å². The van der Waals surface area contributed by atoms with Gasteiger partial charge >= 0.3 is 11.9 Å². The molecule has 2 aromatic carbocycles. The van der Waals surface area contributed by atoms with Crippen LogP contribution in [0.3, 0.4) is 0 Å². The number of aromatic nitrogens is 1. The SMILES string of the molecule is O=C(OCc1cccc(F)c1)c1cccc(C(=O)OCc2cccc(F)c2)n1. The van der Waals surface area contributed by atoms with Crippen LogP contribution in [-0.4, -0.2) is 16.9 Å². The van der Waals surface area contributed by atoms with Gasteiger partial charge in [-0.1, -0.05) is 30.3 Å². The molecule has 0 radical (unpaired) electrons. The van der Waals surface area contributed by atoms with E-state index in [0.29, 0.717) is 11.1 Å². The highest BCUT2D eigenvalue weighted by molar-refractivity contribution is 5.91. The molecule has 0 saturated carbocycles. The first-order chi connectivity index (χ1) is 13.5. The van der Waals surface area contributed by atoms with Crippen molar-refractivity contribution in [3.63, 3.8) is 0 Å². The third-order valence-electron chi connectivity index (χ3n) is 3.69. The van der Waals surface area contributed by atoms with Gasteiger partial charge in [0.2, 0.25) is 0 Å². The molecule has 0 unspecified atom stereocenters. The fourth-order valence-electron chi connectivity index (χ4n) is 2.36. The van der Waals surface area contributed by atoms with E-state index in [9.17, 15) is 18.4 Å². The van der Waals surface area contributed by atoms with Crippen LogP contribution in [0.4, 0.5) is 8.78 Å². The summed E-state index contributed by atoms with van der Waals surface area (Å²) in [6, 6.07) is 15.5. The molecule has 1 heterocycles. The number of ether oxygens (including phenoxy) is 2. The van der Waals surface area contributed by atoms with Gasteiger partial charge in [0.1, 0.15) is 36.2 Å². The minimum atomic E-state index is -0.760. The zero-order chi connectivity index (χ0) is 19.9. The summed E-state index contributed by atoms with van der Waals surface area (Å²) in [5.74, 6) is -2.39. The lowest BCUT2D eigenvalue weighted by molar-refractivity contribution is 0.0456. The Kier molecular flexibility index (Phi) is 6.06. The summed E-state index contributed by atoms with van der Waals surface area (Å²) in [5.41, 5.74) is 0.797. The quantitative estimate of drug-likeness (QED) is 0.601. The molecule has 0 aliphatic carbocycles. The predicted octanol–water partition coefficient (Wildman–Crippen LogP) is 4.07. The highest BCUT2D eigenvalue weighted by Crippen LogP contribution is 2.10. The summed E-state index contributed by atoms with van der Waals surface area (Å²) < 4.78 is 36.5. The van der Waals surface area contributed by atoms with Crippen molar-refractivity contribution in [2.24, 2.45) is 0 Å². The van der Waals surface area contributed by atoms with Crippen molar-refractivity contribution in [2.45, 2.75) is 13.2 Å². The fraction of sp³-hybridized carbons (Fsp3) is 0.0952. The summed E-state index contributed by atoms with van der Waals surface area (Å²) in [5, 5.41) is 0. The first-order valence-corrected chi connectivity index (χ1v) is 8.31. The van der Waals surface area contributed by atoms with E-state index in [0.717, 1.165) is 0 Å². The molecule has 0 bridgehead atoms. The third-order valence-corrected chi connectivity index (χ3v) is 3.69. The Hall–Kier alpha value is -3.61. The van der Waals surface area contributed by atoms with E-state index in [4.69, 9.17) is 9.47 Å². The molecule has 0 amide bonds. The number of pyridine rings is 1. The molecule has 1 aromatic heterocycles. The maximum atomic E-state index is 13.1. The summed E-state index contributed by atoms with van der Waals surface area (Å²) in [6.45, 7) is -0.265. The van der Waals surface area contributed by atoms with Gasteiger partial charge < -0.3 is 9.47 Å². The Morgan fingerprint density at radius 3 is 1.57 bits per heavy atom. The van der Waals surface area contributed by atoms with Crippen molar-refractivity contribution < 1.29 is 27.8 Å². The summed E-state index contributed by atoms with van der Waals surface area (Å²) in [6.07, 6.45) is 0. The second-order valence-electron chi connectivity index (χ2n) is 5.82. The van der Waals surface area contributed by atoms with Crippen LogP contribution in [0.1, 0.15) is 32.1 Å². The molecule has 0 saturated heterocycles. The Morgan fingerprint density at radius 1 is 0.714 bits per heavy atom. The van der Waals surface area contributed by atoms with Crippen molar-refractivity contribution in [3.8, 4) is 0 Å². The van der Waals surface area contributed by atoms with Gasteiger partial charge in [-0.2, -0.15) is 0 Å². The monoisotopic (exact) mass is 383 g/mol. The van der Waals surface area contributed by atoms with Gasteiger partial charge in [0.05, 0.1) is 0 Å². The highest BCUT2D eigenvalue weighted by Gasteiger charge is 2.15. The first kappa shape index (κ1) is 19.2. The van der Waals surface area contributed by atoms with E-state index < -0.39 is 23.6 Å². The maximum absolute atomic E-state index is 13.1. The standard InChI is InChI=1S/C21H15F2NO4/c22-16-6-1-4-14(10-16)12-27-20(25)18-8-3-9-19(24-18)21(26)28-13-15-5-2-7-17(23)11-15/h1-11H,12-13H2. The van der Waals surface area contributed by atoms with E-state index in [2.05, 4.69) is 4.98 Å². The number of hydrogen-bond acceptors (Lipinski definition) is 5. The molecule has 0 aliphatic heterocycles. The van der Waals surface area contributed by atoms with Gasteiger partial charge in [-0.3, -0.25) is 0 Å². The normalized spacial score (nSPS) is 10.4. The highest BCUT2D eigenvalue weighted by atomic mass is 19.1. The van der Waals surface area contributed by atoms with Gasteiger partial charge in [0.25, 0.3) is 0 Å². The van der Waals surface area contributed by atoms with E-state index in [1.54, 1.807) is 12.1 Å². The van der Waals surface area contributed by atoms with Crippen molar-refractivity contribution in [1.82, 2.24) is 4.98 Å². The van der Waals surface area contributed by atoms with Crippen LogP contribution in [0.15, 0.2) is 66.7 Å². The number of nitrogens with zero attached hydrogens (tertiary/aromatic N) is 1. The fourth-order valence-corrected chi connectivity index (χ4v) is 2.36. The number of hydrogen-bond donors (Lipinski definition) is 0. The lowest BCUT2D eigenvalue weighted by atomic mass is 10.2. The zero-order valence-corrected chi connectivity index (χ0v) is 14.6. The maximum Gasteiger partial charge on any atom is 0.357 e. The number of benzene rings is 2. The Labute approximate surface area is 159 Å². The van der Waals surface area contributed by atoms with Crippen LogP contribution < -0.4 is 0 Å². The van der Waals surface area contributed by atoms with Crippen LogP contribution in [0.25, 0.3) is 0 Å². The number of rotatable bonds is 6. The van der Waals surface area contributed by atoms with Crippen LogP contribution >= 0.6 is 0 Å². The van der Waals surface area contributed by atoms with Crippen molar-refractivity contribution in [3.05, 3.63) is 101 Å². The molecule has 0 atom stereocenters. The molecule has 0 fully saturated rings. The van der Waals surface area contributed by atoms with Gasteiger partial charge in [-0.25, -0.2) is 23.4 Å². The lowest BCUT2D eigenvalue weighted by Gasteiger charge is -2.07. The summed E-state index contributed by atoms with van der Waals surface area (Å²) in [4.78, 5) is 28.2. The molecule has 3 aromatic rings. The van der Waals surface area contributed by atoms with Crippen LogP contribution in [0.5, 0.6) is 0 Å². The van der Waals surface area contributed by atoms with Gasteiger partial charge in [0, 0.05) is 0 Å². The molecule has 28 heavy (non-hydrogen) atoms. The second-order valence-corrected chi connectivity index (χ2v) is 5.82. The number of halogens is 2. The molecular formula is C21H15F2NO4. The molecule has 0 N–H and O–H groups in total. The largest absolute Gasteiger partial charge is 0.456 e. The first-order valence-electron chi connectivity index (χ1n) is 8.31. The zero-order valence-electron chi connectivity index (χ0n) is 14.6. The lowest BCUT2D eigenvalue weighted by Crippen LogP contribution is -2.12. The van der Waals surface area contributed by atoms with E-state index in [1.165, 1.54) is 54.6 Å². The average Bonchev–Trinajstić information content (AvgIpc) is 2.70. The molecule has 3 rings (SSSR count). The topological polar surface area (TPSA) is 65.5 Å². The van der Waals surface area contributed by atoms with Crippen molar-refractivity contribution in [2.75, 3.05) is 0 Å². The molecule has 0 spiro atoms. The minimum absolute atomic E-state index is 0.0865. The second kappa shape index (κ2) is 8.85. The minimum Gasteiger partial charge on any atom is -0.456 e. The number of carbonyl (C=O) groups excluding carboxylic acids is 2. The number of carbonyl (C=O) groups is 2. The average molecular weight is 383 g/mol. The summed E-state index contributed by atoms with van der Waals surface area (Å²) in [7, 11) is 0. The smallest absolute Gasteiger partial charge is 0.357 e. The van der Waals surface area contributed by atoms with Gasteiger partial charge in [-0.05, 0) is 47.5 Å². The van der Waals surface area contributed by atoms with E-state index >= 15 is 0 Å². The van der Waals surface area contributed by atoms with Crippen molar-refractivity contribution >= 4 is 11.9 Å². The molecule has 5 nitrogen and oxygen atoms in total. The van der Waals surface area contributed by atoms with Gasteiger partial charge in [-0.15, -0.1) is 0 Å². The van der Waals surface area contributed by atoms with E-state index in [1.807, 2.05) is 0 Å². The van der Waals surface area contributed by atoms with Crippen molar-refractivity contribution in [1.29, 1.82) is 0 Å². The van der Waals surface area contributed by atoms with E-state index in [-0.39, 0.29) is 24.6 Å². The molecular weight excluding hydrogens is 368 g/mol. The van der Waals surface area contributed by atoms with Gasteiger partial charge in [0.15, 0.2) is 0 Å². The summed E-state index contributed by atoms with van der Waals surface area (Å²) >= 11 is 0. The molecule has 142 valence electrons. The third kappa shape index (κ3) is 5.20. The van der Waals surface area contributed by atoms with Crippen LogP contribution in [0, 0.1) is 11.6 Å². The molecule has 7 heteroatoms. The number of esters is 2. The van der Waals surface area contributed by atoms with Crippen LogP contribution in [-0.2, 0) is 22.7 Å². The Morgan fingerprint density at radius 2 is 1.14 bits per heavy atom. The molecule has 0 aliphatic rings.